The van der Waals surface area contributed by atoms with E-state index in [1.54, 1.807) is 0 Å². The molecule has 1 aliphatic rings. The predicted octanol–water partition coefficient (Wildman–Crippen LogP) is 0.218. The summed E-state index contributed by atoms with van der Waals surface area (Å²) in [6.07, 6.45) is -3.23. The van der Waals surface area contributed by atoms with Gasteiger partial charge in [0, 0.05) is 49.0 Å². The molecule has 4 nitrogen and oxygen atoms in total. The monoisotopic (exact) mass is 469 g/mol. The molecule has 0 aromatic heterocycles. The van der Waals surface area contributed by atoms with E-state index >= 15 is 0 Å². The maximum Gasteiger partial charge on any atom is 0.136 e. The van der Waals surface area contributed by atoms with E-state index in [2.05, 4.69) is 0 Å². The van der Waals surface area contributed by atoms with Crippen molar-refractivity contribution in [2.24, 2.45) is 0 Å². The smallest absolute Gasteiger partial charge is 0.136 e. The fourth-order valence-corrected chi connectivity index (χ4v) is 2.55. The van der Waals surface area contributed by atoms with Crippen LogP contribution in [0.15, 0.2) is 35.2 Å². The zero-order valence-electron chi connectivity index (χ0n) is 9.14. The van der Waals surface area contributed by atoms with Gasteiger partial charge in [-0.3, -0.25) is 0 Å². The summed E-state index contributed by atoms with van der Waals surface area (Å²) < 4.78 is 5.28. The SMILES string of the molecule is O[C@@H]1[C@@H](O)[C@H](Sc2ccccc2)OC[C@@H]1O.[Ac]. The number of benzene rings is 1. The number of ether oxygens (including phenoxy) is 1. The van der Waals surface area contributed by atoms with E-state index in [1.807, 2.05) is 30.3 Å². The van der Waals surface area contributed by atoms with Crippen molar-refractivity contribution in [2.45, 2.75) is 28.6 Å². The Kier molecular flexibility index (Phi) is 6.96. The molecule has 2 rings (SSSR count). The normalized spacial score (nSPS) is 32.9. The van der Waals surface area contributed by atoms with Crippen LogP contribution in [-0.2, 0) is 4.74 Å². The fraction of sp³-hybridized carbons (Fsp3) is 0.455. The zero-order chi connectivity index (χ0) is 11.5. The Labute approximate surface area is 140 Å². The molecule has 1 aromatic carbocycles. The molecule has 1 aliphatic heterocycles. The van der Waals surface area contributed by atoms with Gasteiger partial charge in [0.25, 0.3) is 0 Å². The van der Waals surface area contributed by atoms with E-state index in [4.69, 9.17) is 4.74 Å². The number of thioether (sulfide) groups is 1. The number of hydrogen-bond acceptors (Lipinski definition) is 5. The third kappa shape index (κ3) is 4.17. The predicted molar refractivity (Wildman–Crippen MR) is 60.1 cm³/mol. The van der Waals surface area contributed by atoms with Gasteiger partial charge in [0.15, 0.2) is 0 Å². The average Bonchev–Trinajstić information content (AvgIpc) is 2.31. The van der Waals surface area contributed by atoms with Gasteiger partial charge in [-0.05, 0) is 12.1 Å². The van der Waals surface area contributed by atoms with Crippen molar-refractivity contribution < 1.29 is 64.1 Å². The van der Waals surface area contributed by atoms with Crippen LogP contribution in [0.4, 0.5) is 0 Å². The molecule has 0 unspecified atom stereocenters. The number of rotatable bonds is 2. The molecule has 1 aromatic rings. The van der Waals surface area contributed by atoms with E-state index in [0.717, 1.165) is 4.90 Å². The third-order valence-corrected chi connectivity index (χ3v) is 3.64. The minimum atomic E-state index is -1.14. The second kappa shape index (κ2) is 7.44. The summed E-state index contributed by atoms with van der Waals surface area (Å²) in [6, 6.07) is 9.49. The first-order chi connectivity index (χ1) is 7.68. The molecule has 1 fully saturated rings. The summed E-state index contributed by atoms with van der Waals surface area (Å²) in [5.41, 5.74) is -0.541. The summed E-state index contributed by atoms with van der Waals surface area (Å²) in [7, 11) is 0. The van der Waals surface area contributed by atoms with E-state index in [-0.39, 0.29) is 50.7 Å². The molecule has 0 amide bonds. The molecule has 0 aliphatic carbocycles. The van der Waals surface area contributed by atoms with Gasteiger partial charge in [-0.2, -0.15) is 0 Å². The summed E-state index contributed by atoms with van der Waals surface area (Å²) in [6.45, 7) is 0.0444. The van der Waals surface area contributed by atoms with Crippen molar-refractivity contribution >= 4 is 11.8 Å². The van der Waals surface area contributed by atoms with Gasteiger partial charge in [-0.1, -0.05) is 30.0 Å². The zero-order valence-corrected chi connectivity index (χ0v) is 14.7. The van der Waals surface area contributed by atoms with Crippen LogP contribution in [0, 0.1) is 44.1 Å². The Bertz CT molecular complexity index is 338. The molecule has 1 saturated heterocycles. The molecular weight excluding hydrogens is 455 g/mol. The molecule has 17 heavy (non-hydrogen) atoms. The number of aliphatic hydroxyl groups excluding tert-OH is 3. The Balaban J connectivity index is 0.00000144. The van der Waals surface area contributed by atoms with Crippen molar-refractivity contribution in [1.29, 1.82) is 0 Å². The minimum Gasteiger partial charge on any atom is -0.388 e. The molecule has 1 radical (unpaired) electrons. The van der Waals surface area contributed by atoms with Crippen LogP contribution in [0.5, 0.6) is 0 Å². The van der Waals surface area contributed by atoms with E-state index < -0.39 is 23.7 Å². The van der Waals surface area contributed by atoms with Crippen LogP contribution in [0.2, 0.25) is 0 Å². The topological polar surface area (TPSA) is 69.9 Å². The van der Waals surface area contributed by atoms with Gasteiger partial charge < -0.3 is 20.1 Å². The standard InChI is InChI=1S/C11H14O4S.Ac/c12-8-6-15-11(10(14)9(8)13)16-7-4-2-1-3-5-7;/h1-5,8-14H,6H2;/t8-,9-,10+,11-;/m0./s1. The van der Waals surface area contributed by atoms with Crippen LogP contribution in [-0.4, -0.2) is 45.7 Å². The molecule has 0 bridgehead atoms. The van der Waals surface area contributed by atoms with E-state index in [9.17, 15) is 15.3 Å². The van der Waals surface area contributed by atoms with Crippen molar-refractivity contribution in [1.82, 2.24) is 0 Å². The molecule has 91 valence electrons. The van der Waals surface area contributed by atoms with Crippen LogP contribution in [0.3, 0.4) is 0 Å². The summed E-state index contributed by atoms with van der Waals surface area (Å²) in [4.78, 5) is 0.954. The minimum absolute atomic E-state index is 0. The van der Waals surface area contributed by atoms with Gasteiger partial charge in [0.1, 0.15) is 23.7 Å². The Hall–Kier alpha value is 0.852. The largest absolute Gasteiger partial charge is 0.388 e. The molecule has 6 heteroatoms. The van der Waals surface area contributed by atoms with Gasteiger partial charge >= 0.3 is 0 Å². The van der Waals surface area contributed by atoms with Crippen LogP contribution in [0.25, 0.3) is 0 Å². The van der Waals surface area contributed by atoms with Gasteiger partial charge in [-0.25, -0.2) is 0 Å². The van der Waals surface area contributed by atoms with E-state index in [1.165, 1.54) is 11.8 Å². The maximum absolute atomic E-state index is 9.71. The van der Waals surface area contributed by atoms with Crippen molar-refractivity contribution in [3.63, 3.8) is 0 Å². The summed E-state index contributed by atoms with van der Waals surface area (Å²) in [5, 5.41) is 28.5. The average molecular weight is 469 g/mol. The second-order valence-corrected chi connectivity index (χ2v) is 4.85. The summed E-state index contributed by atoms with van der Waals surface area (Å²) in [5.74, 6) is 0. The first kappa shape index (κ1) is 15.9. The quantitative estimate of drug-likeness (QED) is 0.579. The van der Waals surface area contributed by atoms with Gasteiger partial charge in [-0.15, -0.1) is 0 Å². The first-order valence-electron chi connectivity index (χ1n) is 5.06. The maximum atomic E-state index is 9.71. The summed E-state index contributed by atoms with van der Waals surface area (Å²) >= 11 is 1.34. The molecule has 4 atom stereocenters. The van der Waals surface area contributed by atoms with Crippen molar-refractivity contribution in [3.05, 3.63) is 30.3 Å². The first-order valence-corrected chi connectivity index (χ1v) is 5.94. The third-order valence-electron chi connectivity index (χ3n) is 2.45. The van der Waals surface area contributed by atoms with Gasteiger partial charge in [0.2, 0.25) is 0 Å². The molecule has 1 heterocycles. The molecular formula is C11H14AcO4S. The van der Waals surface area contributed by atoms with Crippen LogP contribution >= 0.6 is 11.8 Å². The molecule has 3 N–H and O–H groups in total. The Morgan fingerprint density at radius 3 is 2.35 bits per heavy atom. The fourth-order valence-electron chi connectivity index (χ4n) is 1.52. The van der Waals surface area contributed by atoms with Crippen LogP contribution in [0.1, 0.15) is 0 Å². The molecule has 0 saturated carbocycles. The van der Waals surface area contributed by atoms with Gasteiger partial charge in [0.05, 0.1) is 6.61 Å². The number of hydrogen-bond donors (Lipinski definition) is 3. The van der Waals surface area contributed by atoms with Crippen molar-refractivity contribution in [2.75, 3.05) is 6.61 Å². The Morgan fingerprint density at radius 1 is 1.06 bits per heavy atom. The van der Waals surface area contributed by atoms with Crippen LogP contribution < -0.4 is 0 Å². The van der Waals surface area contributed by atoms with Crippen molar-refractivity contribution in [3.8, 4) is 0 Å². The number of aliphatic hydroxyl groups is 3. The second-order valence-electron chi connectivity index (χ2n) is 3.68. The molecule has 0 spiro atoms. The van der Waals surface area contributed by atoms with E-state index in [0.29, 0.717) is 0 Å². The Morgan fingerprint density at radius 2 is 1.71 bits per heavy atom.